The van der Waals surface area contributed by atoms with Crippen LogP contribution in [0.1, 0.15) is 5.56 Å². The van der Waals surface area contributed by atoms with E-state index in [0.29, 0.717) is 16.5 Å². The summed E-state index contributed by atoms with van der Waals surface area (Å²) in [5.74, 6) is 0.456. The van der Waals surface area contributed by atoms with E-state index in [0.717, 1.165) is 0 Å². The fourth-order valence-electron chi connectivity index (χ4n) is 0.992. The maximum Gasteiger partial charge on any atom is 0.230 e. The number of anilines is 1. The molecule has 4 nitrogen and oxygen atoms in total. The van der Waals surface area contributed by atoms with Crippen LogP contribution in [0.5, 0.6) is 0 Å². The van der Waals surface area contributed by atoms with Crippen molar-refractivity contribution < 1.29 is 24.3 Å². The number of hydrogen-bond donors (Lipinski definition) is 1. The summed E-state index contributed by atoms with van der Waals surface area (Å²) in [7, 11) is 0. The van der Waals surface area contributed by atoms with Gasteiger partial charge in [0, 0.05) is 25.0 Å². The Balaban J connectivity index is 0.000000720. The summed E-state index contributed by atoms with van der Waals surface area (Å²) >= 11 is 5.69. The molecule has 0 aromatic carbocycles. The molecule has 0 bridgehead atoms. The minimum Gasteiger partial charge on any atom is -0.310 e. The first kappa shape index (κ1) is 9.55. The molecule has 1 aromatic rings. The van der Waals surface area contributed by atoms with Crippen molar-refractivity contribution >= 4 is 23.3 Å². The van der Waals surface area contributed by atoms with Crippen LogP contribution in [0.2, 0.25) is 5.15 Å². The summed E-state index contributed by atoms with van der Waals surface area (Å²) in [6.45, 7) is 0. The van der Waals surface area contributed by atoms with Crippen LogP contribution in [-0.2, 0) is 30.7 Å². The Morgan fingerprint density at radius 3 is 2.92 bits per heavy atom. The van der Waals surface area contributed by atoms with Crippen LogP contribution < -0.4 is 5.32 Å². The minimum absolute atomic E-state index is 0. The predicted octanol–water partition coefficient (Wildman–Crippen LogP) is 0.622. The first-order chi connectivity index (χ1) is 5.27. The molecule has 1 N–H and O–H groups in total. The average Bonchev–Trinajstić information content (AvgIpc) is 2.31. The Morgan fingerprint density at radius 1 is 1.50 bits per heavy atom. The van der Waals surface area contributed by atoms with Gasteiger partial charge in [-0.05, 0) is 0 Å². The maximum atomic E-state index is 10.8. The largest absolute Gasteiger partial charge is 0.310 e. The second-order valence-electron chi connectivity index (χ2n) is 2.22. The van der Waals surface area contributed by atoms with Crippen LogP contribution in [0.3, 0.4) is 0 Å². The zero-order chi connectivity index (χ0) is 7.84. The number of nitrogens with one attached hydrogen (secondary N) is 1. The first-order valence-corrected chi connectivity index (χ1v) is 3.44. The quantitative estimate of drug-likeness (QED) is 0.529. The van der Waals surface area contributed by atoms with Crippen molar-refractivity contribution in [3.63, 3.8) is 0 Å². The van der Waals surface area contributed by atoms with E-state index < -0.39 is 0 Å². The zero-order valence-electron chi connectivity index (χ0n) is 6.17. The second-order valence-corrected chi connectivity index (χ2v) is 2.57. The van der Waals surface area contributed by atoms with Crippen molar-refractivity contribution in [2.45, 2.75) is 6.42 Å². The van der Waals surface area contributed by atoms with Crippen molar-refractivity contribution in [2.75, 3.05) is 5.32 Å². The van der Waals surface area contributed by atoms with E-state index in [1.807, 2.05) is 0 Å². The van der Waals surface area contributed by atoms with Gasteiger partial charge in [-0.3, -0.25) is 4.79 Å². The molecule has 1 aromatic heterocycles. The molecule has 0 saturated carbocycles. The molecule has 0 radical (unpaired) electrons. The normalized spacial score (nSPS) is 13.2. The third-order valence-corrected chi connectivity index (χ3v) is 1.81. The number of hydrogen-bond acceptors (Lipinski definition) is 3. The maximum absolute atomic E-state index is 10.8. The van der Waals surface area contributed by atoms with Crippen LogP contribution in [0, 0.1) is 0 Å². The summed E-state index contributed by atoms with van der Waals surface area (Å²) in [5.41, 5.74) is 0.694. The van der Waals surface area contributed by atoms with Crippen LogP contribution in [0.15, 0.2) is 6.33 Å². The SMILES string of the molecule is O=C1Cc2c(Cl)ncnc2N1.[Zn]. The van der Waals surface area contributed by atoms with Crippen molar-refractivity contribution in [3.05, 3.63) is 17.0 Å². The number of carbonyl (C=O) groups is 1. The van der Waals surface area contributed by atoms with E-state index in [9.17, 15) is 4.79 Å². The van der Waals surface area contributed by atoms with Gasteiger partial charge in [0.1, 0.15) is 17.3 Å². The number of nitrogens with zero attached hydrogens (tertiary/aromatic N) is 2. The van der Waals surface area contributed by atoms with Gasteiger partial charge in [0.15, 0.2) is 0 Å². The molecule has 1 aliphatic heterocycles. The molecule has 1 aliphatic rings. The molecule has 0 atom stereocenters. The van der Waals surface area contributed by atoms with Crippen molar-refractivity contribution in [1.29, 1.82) is 0 Å². The van der Waals surface area contributed by atoms with Gasteiger partial charge >= 0.3 is 0 Å². The van der Waals surface area contributed by atoms with Gasteiger partial charge in [-0.2, -0.15) is 0 Å². The summed E-state index contributed by atoms with van der Waals surface area (Å²) in [6.07, 6.45) is 1.61. The summed E-state index contributed by atoms with van der Waals surface area (Å²) in [6, 6.07) is 0. The molecule has 1 amide bonds. The van der Waals surface area contributed by atoms with Crippen LogP contribution in [0.25, 0.3) is 0 Å². The van der Waals surface area contributed by atoms with Gasteiger partial charge in [0.2, 0.25) is 5.91 Å². The third kappa shape index (κ3) is 1.47. The monoisotopic (exact) mass is 233 g/mol. The van der Waals surface area contributed by atoms with E-state index in [4.69, 9.17) is 11.6 Å². The molecule has 0 fully saturated rings. The van der Waals surface area contributed by atoms with Gasteiger partial charge in [0.25, 0.3) is 0 Å². The van der Waals surface area contributed by atoms with Gasteiger partial charge in [-0.25, -0.2) is 9.97 Å². The number of carbonyl (C=O) groups excluding carboxylic acids is 1. The molecule has 0 saturated heterocycles. The van der Waals surface area contributed by atoms with Crippen LogP contribution >= 0.6 is 11.6 Å². The van der Waals surface area contributed by atoms with E-state index in [1.165, 1.54) is 6.33 Å². The minimum atomic E-state index is -0.0811. The van der Waals surface area contributed by atoms with Crippen molar-refractivity contribution in [3.8, 4) is 0 Å². The number of amides is 1. The second kappa shape index (κ2) is 3.46. The van der Waals surface area contributed by atoms with E-state index in [2.05, 4.69) is 15.3 Å². The summed E-state index contributed by atoms with van der Waals surface area (Å²) in [5, 5.41) is 2.92. The van der Waals surface area contributed by atoms with Gasteiger partial charge in [-0.1, -0.05) is 11.6 Å². The van der Waals surface area contributed by atoms with Crippen LogP contribution in [0.4, 0.5) is 5.82 Å². The number of rotatable bonds is 0. The van der Waals surface area contributed by atoms with E-state index in [-0.39, 0.29) is 31.8 Å². The summed E-state index contributed by atoms with van der Waals surface area (Å²) in [4.78, 5) is 18.4. The summed E-state index contributed by atoms with van der Waals surface area (Å²) < 4.78 is 0. The molecule has 58 valence electrons. The fourth-order valence-corrected chi connectivity index (χ4v) is 1.19. The third-order valence-electron chi connectivity index (χ3n) is 1.49. The first-order valence-electron chi connectivity index (χ1n) is 3.06. The Kier molecular flexibility index (Phi) is 2.75. The molecule has 6 heteroatoms. The Labute approximate surface area is 86.5 Å². The number of aromatic nitrogens is 2. The zero-order valence-corrected chi connectivity index (χ0v) is 9.90. The molecule has 0 aliphatic carbocycles. The number of halogens is 1. The van der Waals surface area contributed by atoms with Gasteiger partial charge in [0.05, 0.1) is 6.42 Å². The molecule has 0 unspecified atom stereocenters. The number of fused-ring (bicyclic) bond motifs is 1. The Hall–Kier alpha value is -0.537. The smallest absolute Gasteiger partial charge is 0.230 e. The van der Waals surface area contributed by atoms with Crippen molar-refractivity contribution in [1.82, 2.24) is 9.97 Å². The van der Waals surface area contributed by atoms with Gasteiger partial charge in [-0.15, -0.1) is 0 Å². The standard InChI is InChI=1S/C6H4ClN3O.Zn/c7-5-3-1-4(11)10-6(3)9-2-8-5;/h2H,1H2,(H,8,9,10,11);. The molecular weight excluding hydrogens is 231 g/mol. The topological polar surface area (TPSA) is 54.9 Å². The van der Waals surface area contributed by atoms with Crippen molar-refractivity contribution in [2.24, 2.45) is 0 Å². The van der Waals surface area contributed by atoms with E-state index in [1.54, 1.807) is 0 Å². The van der Waals surface area contributed by atoms with Gasteiger partial charge < -0.3 is 5.32 Å². The molecule has 2 heterocycles. The molecule has 0 spiro atoms. The van der Waals surface area contributed by atoms with E-state index >= 15 is 0 Å². The average molecular weight is 235 g/mol. The molecule has 12 heavy (non-hydrogen) atoms. The molecule has 2 rings (SSSR count). The fraction of sp³-hybridized carbons (Fsp3) is 0.167. The van der Waals surface area contributed by atoms with Crippen LogP contribution in [-0.4, -0.2) is 15.9 Å². The molecular formula is C6H4ClN3OZn. The predicted molar refractivity (Wildman–Crippen MR) is 39.4 cm³/mol. The Bertz CT molecular complexity index is 331. The Morgan fingerprint density at radius 2 is 2.25 bits per heavy atom.